The van der Waals surface area contributed by atoms with Gasteiger partial charge in [-0.3, -0.25) is 4.98 Å². The number of anilines is 1. The second-order valence-electron chi connectivity index (χ2n) is 4.31. The molecule has 1 aliphatic rings. The Morgan fingerprint density at radius 3 is 2.75 bits per heavy atom. The molecule has 3 N–H and O–H groups in total. The third kappa shape index (κ3) is 2.17. The van der Waals surface area contributed by atoms with Gasteiger partial charge in [0.05, 0.1) is 5.69 Å². The van der Waals surface area contributed by atoms with Gasteiger partial charge in [-0.15, -0.1) is 0 Å². The molecular formula is C10H15N3O2S. The Kier molecular flexibility index (Phi) is 2.86. The summed E-state index contributed by atoms with van der Waals surface area (Å²) in [4.78, 5) is 3.84. The van der Waals surface area contributed by atoms with Crippen LogP contribution in [-0.4, -0.2) is 19.4 Å². The van der Waals surface area contributed by atoms with Crippen molar-refractivity contribution in [2.24, 2.45) is 5.92 Å². The molecule has 16 heavy (non-hydrogen) atoms. The van der Waals surface area contributed by atoms with Crippen LogP contribution in [0.1, 0.15) is 19.8 Å². The van der Waals surface area contributed by atoms with Crippen LogP contribution in [0.4, 0.5) is 5.69 Å². The molecule has 1 saturated carbocycles. The number of aromatic nitrogens is 1. The van der Waals surface area contributed by atoms with Gasteiger partial charge in [0.1, 0.15) is 4.90 Å². The predicted octanol–water partition coefficient (Wildman–Crippen LogP) is 0.741. The molecule has 0 saturated heterocycles. The summed E-state index contributed by atoms with van der Waals surface area (Å²) >= 11 is 0. The number of nitrogens with one attached hydrogen (secondary N) is 1. The van der Waals surface area contributed by atoms with Crippen LogP contribution < -0.4 is 10.5 Å². The molecule has 88 valence electrons. The van der Waals surface area contributed by atoms with E-state index in [1.54, 1.807) is 0 Å². The number of hydrogen-bond donors (Lipinski definition) is 2. The fourth-order valence-electron chi connectivity index (χ4n) is 1.90. The fourth-order valence-corrected chi connectivity index (χ4v) is 3.23. The highest BCUT2D eigenvalue weighted by Crippen LogP contribution is 2.28. The first-order chi connectivity index (χ1) is 7.49. The smallest absolute Gasteiger partial charge is 0.244 e. The van der Waals surface area contributed by atoms with Gasteiger partial charge >= 0.3 is 0 Å². The van der Waals surface area contributed by atoms with Crippen LogP contribution in [0.25, 0.3) is 0 Å². The number of hydrogen-bond acceptors (Lipinski definition) is 4. The zero-order chi connectivity index (χ0) is 11.8. The van der Waals surface area contributed by atoms with Crippen molar-refractivity contribution >= 4 is 15.7 Å². The summed E-state index contributed by atoms with van der Waals surface area (Å²) in [6.45, 7) is 2.10. The summed E-state index contributed by atoms with van der Waals surface area (Å²) in [5, 5.41) is 0. The van der Waals surface area contributed by atoms with E-state index in [1.807, 2.05) is 0 Å². The molecule has 1 fully saturated rings. The van der Waals surface area contributed by atoms with Crippen LogP contribution in [-0.2, 0) is 10.0 Å². The van der Waals surface area contributed by atoms with E-state index in [0.717, 1.165) is 12.8 Å². The van der Waals surface area contributed by atoms with Crippen molar-refractivity contribution in [1.82, 2.24) is 9.71 Å². The molecular weight excluding hydrogens is 226 g/mol. The van der Waals surface area contributed by atoms with Gasteiger partial charge in [0, 0.05) is 18.4 Å². The van der Waals surface area contributed by atoms with E-state index in [1.165, 1.54) is 18.5 Å². The Bertz CT molecular complexity index is 481. The van der Waals surface area contributed by atoms with Crippen LogP contribution >= 0.6 is 0 Å². The molecule has 0 aromatic carbocycles. The van der Waals surface area contributed by atoms with Gasteiger partial charge in [0.15, 0.2) is 0 Å². The summed E-state index contributed by atoms with van der Waals surface area (Å²) in [5.74, 6) is 0.596. The zero-order valence-corrected chi connectivity index (χ0v) is 9.87. The Morgan fingerprint density at radius 1 is 1.50 bits per heavy atom. The average molecular weight is 241 g/mol. The van der Waals surface area contributed by atoms with Gasteiger partial charge < -0.3 is 5.73 Å². The lowest BCUT2D eigenvalue weighted by Gasteiger charge is -2.32. The minimum absolute atomic E-state index is 0.0413. The minimum Gasteiger partial charge on any atom is -0.398 e. The minimum atomic E-state index is -3.51. The van der Waals surface area contributed by atoms with Gasteiger partial charge in [-0.2, -0.15) is 0 Å². The molecule has 6 heteroatoms. The van der Waals surface area contributed by atoms with E-state index in [2.05, 4.69) is 16.6 Å². The molecule has 0 atom stereocenters. The molecule has 0 spiro atoms. The van der Waals surface area contributed by atoms with E-state index in [-0.39, 0.29) is 16.6 Å². The van der Waals surface area contributed by atoms with Crippen LogP contribution in [0, 0.1) is 5.92 Å². The largest absolute Gasteiger partial charge is 0.398 e. The predicted molar refractivity (Wildman–Crippen MR) is 61.2 cm³/mol. The van der Waals surface area contributed by atoms with Crippen molar-refractivity contribution in [3.8, 4) is 0 Å². The monoisotopic (exact) mass is 241 g/mol. The topological polar surface area (TPSA) is 85.1 Å². The summed E-state index contributed by atoms with van der Waals surface area (Å²) in [5.41, 5.74) is 5.84. The lowest BCUT2D eigenvalue weighted by atomic mass is 9.83. The quantitative estimate of drug-likeness (QED) is 0.817. The number of rotatable bonds is 3. The summed E-state index contributed by atoms with van der Waals surface area (Å²) in [6.07, 6.45) is 4.53. The Hall–Kier alpha value is -1.14. The molecule has 1 aromatic rings. The van der Waals surface area contributed by atoms with Crippen molar-refractivity contribution in [2.45, 2.75) is 30.7 Å². The lowest BCUT2D eigenvalue weighted by Crippen LogP contribution is -2.43. The van der Waals surface area contributed by atoms with E-state index < -0.39 is 10.0 Å². The maximum absolute atomic E-state index is 11.9. The number of nitrogens with zero attached hydrogens (tertiary/aromatic N) is 1. The summed E-state index contributed by atoms with van der Waals surface area (Å²) in [6, 6.07) is 1.53. The average Bonchev–Trinajstić information content (AvgIpc) is 2.15. The summed E-state index contributed by atoms with van der Waals surface area (Å²) in [7, 11) is -3.51. The van der Waals surface area contributed by atoms with Crippen molar-refractivity contribution in [3.05, 3.63) is 18.5 Å². The molecule has 0 unspecified atom stereocenters. The SMILES string of the molecule is CC1CC(NS(=O)(=O)c2cnccc2N)C1. The molecule has 0 amide bonds. The molecule has 1 aromatic heterocycles. The van der Waals surface area contributed by atoms with Gasteiger partial charge in [-0.1, -0.05) is 6.92 Å². The zero-order valence-electron chi connectivity index (χ0n) is 9.05. The van der Waals surface area contributed by atoms with Gasteiger partial charge in [-0.25, -0.2) is 13.1 Å². The highest BCUT2D eigenvalue weighted by atomic mass is 32.2. The van der Waals surface area contributed by atoms with E-state index in [4.69, 9.17) is 5.73 Å². The second-order valence-corrected chi connectivity index (χ2v) is 5.99. The molecule has 0 aliphatic heterocycles. The number of sulfonamides is 1. The molecule has 0 radical (unpaired) electrons. The second kappa shape index (κ2) is 4.03. The summed E-state index contributed by atoms with van der Waals surface area (Å²) < 4.78 is 26.5. The maximum Gasteiger partial charge on any atom is 0.244 e. The van der Waals surface area contributed by atoms with Crippen molar-refractivity contribution < 1.29 is 8.42 Å². The third-order valence-electron chi connectivity index (χ3n) is 2.80. The maximum atomic E-state index is 11.9. The van der Waals surface area contributed by atoms with Gasteiger partial charge in [0.25, 0.3) is 0 Å². The van der Waals surface area contributed by atoms with Crippen molar-refractivity contribution in [2.75, 3.05) is 5.73 Å². The molecule has 5 nitrogen and oxygen atoms in total. The van der Waals surface area contributed by atoms with E-state index >= 15 is 0 Å². The van der Waals surface area contributed by atoms with Crippen LogP contribution in [0.5, 0.6) is 0 Å². The van der Waals surface area contributed by atoms with Crippen molar-refractivity contribution in [3.63, 3.8) is 0 Å². The number of nitrogens with two attached hydrogens (primary N) is 1. The lowest BCUT2D eigenvalue weighted by molar-refractivity contribution is 0.270. The van der Waals surface area contributed by atoms with Crippen LogP contribution in [0.2, 0.25) is 0 Å². The Morgan fingerprint density at radius 2 is 2.19 bits per heavy atom. The normalized spacial score (nSPS) is 25.1. The highest BCUT2D eigenvalue weighted by Gasteiger charge is 2.30. The van der Waals surface area contributed by atoms with E-state index in [9.17, 15) is 8.42 Å². The number of nitrogen functional groups attached to an aromatic ring is 1. The fraction of sp³-hybridized carbons (Fsp3) is 0.500. The first-order valence-electron chi connectivity index (χ1n) is 5.21. The van der Waals surface area contributed by atoms with Gasteiger partial charge in [0.2, 0.25) is 10.0 Å². The number of pyridine rings is 1. The van der Waals surface area contributed by atoms with Crippen LogP contribution in [0.15, 0.2) is 23.4 Å². The molecule has 1 aliphatic carbocycles. The third-order valence-corrected chi connectivity index (χ3v) is 4.37. The first-order valence-corrected chi connectivity index (χ1v) is 6.69. The first kappa shape index (κ1) is 11.3. The van der Waals surface area contributed by atoms with Gasteiger partial charge in [-0.05, 0) is 24.8 Å². The Balaban J connectivity index is 2.16. The highest BCUT2D eigenvalue weighted by molar-refractivity contribution is 7.89. The molecule has 2 rings (SSSR count). The van der Waals surface area contributed by atoms with Crippen molar-refractivity contribution in [1.29, 1.82) is 0 Å². The van der Waals surface area contributed by atoms with Crippen LogP contribution in [0.3, 0.4) is 0 Å². The molecule has 1 heterocycles. The molecule has 0 bridgehead atoms. The Labute approximate surface area is 95.1 Å². The van der Waals surface area contributed by atoms with E-state index in [0.29, 0.717) is 5.92 Å². The standard InChI is InChI=1S/C10H15N3O2S/c1-7-4-8(5-7)13-16(14,15)10-6-12-3-2-9(10)11/h2-3,6-8,13H,4-5H2,1H3,(H2,11,12).